The van der Waals surface area contributed by atoms with E-state index in [0.29, 0.717) is 6.54 Å². The first-order valence-electron chi connectivity index (χ1n) is 10.3. The van der Waals surface area contributed by atoms with Gasteiger partial charge in [0, 0.05) is 31.3 Å². The number of imidazole rings is 1. The van der Waals surface area contributed by atoms with E-state index in [1.807, 2.05) is 16.5 Å². The number of hydrogen-bond donors (Lipinski definition) is 1. The number of nitrogens with zero attached hydrogens (tertiary/aromatic N) is 4. The second-order valence-electron chi connectivity index (χ2n) is 7.72. The van der Waals surface area contributed by atoms with E-state index in [4.69, 9.17) is 4.98 Å². The van der Waals surface area contributed by atoms with E-state index in [2.05, 4.69) is 40.5 Å². The van der Waals surface area contributed by atoms with Crippen LogP contribution in [0.1, 0.15) is 12.1 Å². The summed E-state index contributed by atoms with van der Waals surface area (Å²) in [4.78, 5) is 18.3. The average molecular weight is 401 g/mol. The van der Waals surface area contributed by atoms with Gasteiger partial charge in [0.05, 0.1) is 22.5 Å². The number of nitro groups is 1. The SMILES string of the molecule is O=[N+]([O-])c1ccc2nc(-c3ccc4ccccc4c3)c(CN3CCCNCC3)n2c1. The summed E-state index contributed by atoms with van der Waals surface area (Å²) >= 11 is 0. The van der Waals surface area contributed by atoms with Crippen molar-refractivity contribution in [2.24, 2.45) is 0 Å². The van der Waals surface area contributed by atoms with Crippen LogP contribution in [0.15, 0.2) is 60.8 Å². The fraction of sp³-hybridized carbons (Fsp3) is 0.261. The van der Waals surface area contributed by atoms with Gasteiger partial charge in [0.15, 0.2) is 0 Å². The highest BCUT2D eigenvalue weighted by molar-refractivity contribution is 5.87. The maximum Gasteiger partial charge on any atom is 0.286 e. The second-order valence-corrected chi connectivity index (χ2v) is 7.72. The molecule has 4 aromatic rings. The third-order valence-corrected chi connectivity index (χ3v) is 5.74. The fourth-order valence-corrected chi connectivity index (χ4v) is 4.18. The van der Waals surface area contributed by atoms with Crippen LogP contribution in [0.3, 0.4) is 0 Å². The summed E-state index contributed by atoms with van der Waals surface area (Å²) < 4.78 is 1.89. The van der Waals surface area contributed by atoms with Crippen LogP contribution in [-0.2, 0) is 6.54 Å². The van der Waals surface area contributed by atoms with Gasteiger partial charge in [-0.25, -0.2) is 4.98 Å². The van der Waals surface area contributed by atoms with Crippen molar-refractivity contribution in [2.75, 3.05) is 26.2 Å². The number of hydrogen-bond acceptors (Lipinski definition) is 5. The summed E-state index contributed by atoms with van der Waals surface area (Å²) in [6, 6.07) is 17.9. The van der Waals surface area contributed by atoms with Crippen molar-refractivity contribution >= 4 is 22.1 Å². The lowest BCUT2D eigenvalue weighted by atomic mass is 10.0. The molecule has 30 heavy (non-hydrogen) atoms. The Morgan fingerprint density at radius 2 is 1.90 bits per heavy atom. The molecule has 5 rings (SSSR count). The fourth-order valence-electron chi connectivity index (χ4n) is 4.18. The van der Waals surface area contributed by atoms with Crippen LogP contribution >= 0.6 is 0 Å². The standard InChI is InChI=1S/C23H23N5O2/c29-28(30)20-8-9-22-25-23(19-7-6-17-4-1-2-5-18(17)14-19)21(27(22)15-20)16-26-12-3-10-24-11-13-26/h1-2,4-9,14-15,24H,3,10-13,16H2. The van der Waals surface area contributed by atoms with Crippen LogP contribution in [0.5, 0.6) is 0 Å². The number of fused-ring (bicyclic) bond motifs is 2. The molecule has 1 fully saturated rings. The first-order chi connectivity index (χ1) is 14.7. The number of rotatable bonds is 4. The highest BCUT2D eigenvalue weighted by Gasteiger charge is 2.20. The van der Waals surface area contributed by atoms with Gasteiger partial charge in [-0.3, -0.25) is 19.4 Å². The third kappa shape index (κ3) is 3.53. The third-order valence-electron chi connectivity index (χ3n) is 5.74. The summed E-state index contributed by atoms with van der Waals surface area (Å²) in [7, 11) is 0. The van der Waals surface area contributed by atoms with Crippen molar-refractivity contribution in [3.63, 3.8) is 0 Å². The summed E-state index contributed by atoms with van der Waals surface area (Å²) in [6.45, 7) is 4.60. The number of pyridine rings is 1. The van der Waals surface area contributed by atoms with Gasteiger partial charge in [-0.15, -0.1) is 0 Å². The Labute approximate surface area is 174 Å². The molecule has 152 valence electrons. The molecule has 1 aliphatic rings. The van der Waals surface area contributed by atoms with Gasteiger partial charge in [0.1, 0.15) is 5.65 Å². The zero-order valence-corrected chi connectivity index (χ0v) is 16.6. The molecule has 1 aliphatic heterocycles. The Hall–Kier alpha value is -3.29. The van der Waals surface area contributed by atoms with Crippen LogP contribution in [0.2, 0.25) is 0 Å². The van der Waals surface area contributed by atoms with Crippen LogP contribution < -0.4 is 5.32 Å². The highest BCUT2D eigenvalue weighted by Crippen LogP contribution is 2.30. The van der Waals surface area contributed by atoms with Gasteiger partial charge in [-0.2, -0.15) is 0 Å². The molecule has 0 amide bonds. The topological polar surface area (TPSA) is 75.7 Å². The molecule has 1 saturated heterocycles. The quantitative estimate of drug-likeness (QED) is 0.415. The van der Waals surface area contributed by atoms with Gasteiger partial charge in [0.2, 0.25) is 0 Å². The van der Waals surface area contributed by atoms with Gasteiger partial charge in [-0.1, -0.05) is 36.4 Å². The van der Waals surface area contributed by atoms with Crippen LogP contribution in [0.4, 0.5) is 5.69 Å². The molecule has 0 atom stereocenters. The van der Waals surface area contributed by atoms with Crippen molar-refractivity contribution in [1.82, 2.24) is 19.6 Å². The minimum absolute atomic E-state index is 0.0729. The molecular formula is C23H23N5O2. The molecule has 2 aromatic heterocycles. The van der Waals surface area contributed by atoms with E-state index in [1.165, 1.54) is 11.5 Å². The maximum atomic E-state index is 11.4. The predicted molar refractivity (Wildman–Crippen MR) is 118 cm³/mol. The van der Waals surface area contributed by atoms with E-state index in [-0.39, 0.29) is 10.6 Å². The Balaban J connectivity index is 1.65. The van der Waals surface area contributed by atoms with Crippen LogP contribution in [-0.4, -0.2) is 45.4 Å². The molecule has 2 aromatic carbocycles. The lowest BCUT2D eigenvalue weighted by Gasteiger charge is -2.20. The average Bonchev–Trinajstić information content (AvgIpc) is 2.93. The first kappa shape index (κ1) is 18.7. The Morgan fingerprint density at radius 1 is 1.03 bits per heavy atom. The van der Waals surface area contributed by atoms with E-state index in [0.717, 1.165) is 60.6 Å². The van der Waals surface area contributed by atoms with Gasteiger partial charge >= 0.3 is 0 Å². The highest BCUT2D eigenvalue weighted by atomic mass is 16.6. The first-order valence-corrected chi connectivity index (χ1v) is 10.3. The molecule has 7 heteroatoms. The molecule has 0 unspecified atom stereocenters. The summed E-state index contributed by atoms with van der Waals surface area (Å²) in [5, 5.41) is 17.1. The van der Waals surface area contributed by atoms with Crippen molar-refractivity contribution < 1.29 is 4.92 Å². The molecule has 1 N–H and O–H groups in total. The minimum Gasteiger partial charge on any atom is -0.315 e. The zero-order valence-electron chi connectivity index (χ0n) is 16.6. The van der Waals surface area contributed by atoms with E-state index in [1.54, 1.807) is 12.3 Å². The lowest BCUT2D eigenvalue weighted by molar-refractivity contribution is -0.385. The monoisotopic (exact) mass is 401 g/mol. The van der Waals surface area contributed by atoms with Gasteiger partial charge < -0.3 is 5.32 Å². The Bertz CT molecular complexity index is 1220. The molecule has 0 aliphatic carbocycles. The van der Waals surface area contributed by atoms with Crippen molar-refractivity contribution in [3.8, 4) is 11.3 Å². The van der Waals surface area contributed by atoms with Gasteiger partial charge in [0.25, 0.3) is 5.69 Å². The number of aromatic nitrogens is 2. The number of nitrogens with one attached hydrogen (secondary N) is 1. The van der Waals surface area contributed by atoms with Crippen molar-refractivity contribution in [2.45, 2.75) is 13.0 Å². The molecule has 0 spiro atoms. The summed E-state index contributed by atoms with van der Waals surface area (Å²) in [5.74, 6) is 0. The van der Waals surface area contributed by atoms with E-state index >= 15 is 0 Å². The Kier molecular flexibility index (Phi) is 4.90. The van der Waals surface area contributed by atoms with Crippen LogP contribution in [0.25, 0.3) is 27.7 Å². The number of benzene rings is 2. The molecule has 0 bridgehead atoms. The molecule has 7 nitrogen and oxygen atoms in total. The summed E-state index contributed by atoms with van der Waals surface area (Å²) in [6.07, 6.45) is 2.68. The van der Waals surface area contributed by atoms with Crippen molar-refractivity contribution in [3.05, 3.63) is 76.6 Å². The molecule has 3 heterocycles. The second kappa shape index (κ2) is 7.85. The Morgan fingerprint density at radius 3 is 2.77 bits per heavy atom. The molecular weight excluding hydrogens is 378 g/mol. The van der Waals surface area contributed by atoms with E-state index in [9.17, 15) is 10.1 Å². The minimum atomic E-state index is -0.352. The lowest BCUT2D eigenvalue weighted by Crippen LogP contribution is -2.28. The normalized spacial score (nSPS) is 15.5. The smallest absolute Gasteiger partial charge is 0.286 e. The zero-order chi connectivity index (χ0) is 20.5. The molecule has 0 saturated carbocycles. The summed E-state index contributed by atoms with van der Waals surface area (Å²) in [5.41, 5.74) is 3.71. The van der Waals surface area contributed by atoms with E-state index < -0.39 is 0 Å². The maximum absolute atomic E-state index is 11.4. The molecule has 0 radical (unpaired) electrons. The largest absolute Gasteiger partial charge is 0.315 e. The van der Waals surface area contributed by atoms with Gasteiger partial charge in [-0.05, 0) is 42.4 Å². The predicted octanol–water partition coefficient (Wildman–Crippen LogP) is 3.86. The van der Waals surface area contributed by atoms with Crippen LogP contribution in [0, 0.1) is 10.1 Å². The van der Waals surface area contributed by atoms with Crippen molar-refractivity contribution in [1.29, 1.82) is 0 Å².